The molecule has 0 unspecified atom stereocenters. The zero-order chi connectivity index (χ0) is 14.3. The molecular weight excluding hydrogens is 260 g/mol. The fourth-order valence-electron chi connectivity index (χ4n) is 2.19. The third kappa shape index (κ3) is 5.74. The fraction of sp³-hybridized carbons (Fsp3) is 0.600. The maximum Gasteiger partial charge on any atom is 0.294 e. The van der Waals surface area contributed by atoms with E-state index in [0.29, 0.717) is 5.56 Å². The van der Waals surface area contributed by atoms with Crippen molar-refractivity contribution in [3.63, 3.8) is 0 Å². The zero-order valence-electron chi connectivity index (χ0n) is 11.9. The molecule has 108 valence electrons. The number of hydrogen-bond donors (Lipinski definition) is 1. The average Bonchev–Trinajstić information content (AvgIpc) is 2.34. The molecule has 0 heterocycles. The van der Waals surface area contributed by atoms with Crippen LogP contribution in [0.3, 0.4) is 0 Å². The second kappa shape index (κ2) is 7.65. The fourth-order valence-corrected chi connectivity index (χ4v) is 2.96. The third-order valence-corrected chi connectivity index (χ3v) is 4.35. The molecule has 0 radical (unpaired) electrons. The van der Waals surface area contributed by atoms with Gasteiger partial charge in [-0.1, -0.05) is 51.2 Å². The van der Waals surface area contributed by atoms with Gasteiger partial charge in [0.15, 0.2) is 0 Å². The van der Waals surface area contributed by atoms with E-state index in [1.165, 1.54) is 32.1 Å². The molecule has 0 saturated carbocycles. The molecule has 0 bridgehead atoms. The van der Waals surface area contributed by atoms with Gasteiger partial charge in [-0.2, -0.15) is 8.42 Å². The van der Waals surface area contributed by atoms with Crippen LogP contribution in [0.2, 0.25) is 0 Å². The predicted octanol–water partition coefficient (Wildman–Crippen LogP) is 4.14. The molecule has 0 saturated heterocycles. The van der Waals surface area contributed by atoms with Crippen molar-refractivity contribution in [3.05, 3.63) is 29.3 Å². The Morgan fingerprint density at radius 1 is 1.05 bits per heavy atom. The van der Waals surface area contributed by atoms with E-state index in [-0.39, 0.29) is 4.90 Å². The van der Waals surface area contributed by atoms with Gasteiger partial charge in [-0.15, -0.1) is 0 Å². The number of rotatable bonds is 8. The molecule has 0 atom stereocenters. The molecule has 0 fully saturated rings. The van der Waals surface area contributed by atoms with E-state index < -0.39 is 10.1 Å². The van der Waals surface area contributed by atoms with Crippen molar-refractivity contribution in [2.24, 2.45) is 0 Å². The van der Waals surface area contributed by atoms with Gasteiger partial charge in [0.1, 0.15) is 0 Å². The topological polar surface area (TPSA) is 54.4 Å². The van der Waals surface area contributed by atoms with Crippen LogP contribution in [0.4, 0.5) is 0 Å². The molecule has 4 heteroatoms. The summed E-state index contributed by atoms with van der Waals surface area (Å²) >= 11 is 0. The minimum Gasteiger partial charge on any atom is -0.282 e. The lowest BCUT2D eigenvalue weighted by Crippen LogP contribution is -2.02. The first-order valence-corrected chi connectivity index (χ1v) is 8.46. The summed E-state index contributed by atoms with van der Waals surface area (Å²) in [6.07, 6.45) is 8.17. The second-order valence-electron chi connectivity index (χ2n) is 5.09. The largest absolute Gasteiger partial charge is 0.294 e. The highest BCUT2D eigenvalue weighted by Gasteiger charge is 2.13. The quantitative estimate of drug-likeness (QED) is 0.576. The van der Waals surface area contributed by atoms with Gasteiger partial charge in [-0.25, -0.2) is 0 Å². The van der Waals surface area contributed by atoms with Gasteiger partial charge < -0.3 is 0 Å². The van der Waals surface area contributed by atoms with Gasteiger partial charge in [0, 0.05) is 0 Å². The molecule has 0 aliphatic rings. The van der Waals surface area contributed by atoms with Gasteiger partial charge in [-0.3, -0.25) is 4.55 Å². The van der Waals surface area contributed by atoms with Crippen molar-refractivity contribution < 1.29 is 13.0 Å². The van der Waals surface area contributed by atoms with E-state index in [1.54, 1.807) is 19.1 Å². The third-order valence-electron chi connectivity index (χ3n) is 3.35. The van der Waals surface area contributed by atoms with Gasteiger partial charge >= 0.3 is 0 Å². The lowest BCUT2D eigenvalue weighted by Gasteiger charge is -2.06. The van der Waals surface area contributed by atoms with E-state index in [0.717, 1.165) is 18.4 Å². The van der Waals surface area contributed by atoms with Gasteiger partial charge in [0.05, 0.1) is 4.90 Å². The van der Waals surface area contributed by atoms with E-state index in [9.17, 15) is 8.42 Å². The molecule has 0 amide bonds. The normalized spacial score (nSPS) is 11.7. The highest BCUT2D eigenvalue weighted by atomic mass is 32.2. The first-order valence-electron chi connectivity index (χ1n) is 7.02. The Kier molecular flexibility index (Phi) is 6.52. The summed E-state index contributed by atoms with van der Waals surface area (Å²) in [4.78, 5) is 0.0379. The standard InChI is InChI=1S/C15H24O3S/c1-3-4-5-6-7-8-9-14-11-10-13(2)15(12-14)19(16,17)18/h10-12H,3-9H2,1-2H3,(H,16,17,18). The Bertz CT molecular complexity index is 492. The van der Waals surface area contributed by atoms with Gasteiger partial charge in [0.25, 0.3) is 10.1 Å². The molecule has 1 rings (SSSR count). The summed E-state index contributed by atoms with van der Waals surface area (Å²) in [6.45, 7) is 3.89. The average molecular weight is 284 g/mol. The van der Waals surface area contributed by atoms with Crippen molar-refractivity contribution in [2.75, 3.05) is 0 Å². The van der Waals surface area contributed by atoms with Crippen LogP contribution < -0.4 is 0 Å². The summed E-state index contributed by atoms with van der Waals surface area (Å²) in [5.41, 5.74) is 1.57. The number of hydrogen-bond acceptors (Lipinski definition) is 2. The molecule has 1 aromatic rings. The monoisotopic (exact) mass is 284 g/mol. The van der Waals surface area contributed by atoms with Crippen LogP contribution >= 0.6 is 0 Å². The summed E-state index contributed by atoms with van der Waals surface area (Å²) in [6, 6.07) is 5.29. The van der Waals surface area contributed by atoms with Crippen molar-refractivity contribution in [1.29, 1.82) is 0 Å². The van der Waals surface area contributed by atoms with Crippen LogP contribution in [0.5, 0.6) is 0 Å². The molecule has 0 spiro atoms. The molecule has 1 N–H and O–H groups in total. The first-order chi connectivity index (χ1) is 8.95. The van der Waals surface area contributed by atoms with E-state index >= 15 is 0 Å². The molecule has 0 aliphatic heterocycles. The Hall–Kier alpha value is -0.870. The maximum absolute atomic E-state index is 11.2. The first kappa shape index (κ1) is 16.2. The van der Waals surface area contributed by atoms with Crippen molar-refractivity contribution in [1.82, 2.24) is 0 Å². The Balaban J connectivity index is 2.52. The Labute approximate surface area is 116 Å². The minimum absolute atomic E-state index is 0.0379. The lowest BCUT2D eigenvalue weighted by atomic mass is 10.0. The molecule has 0 aliphatic carbocycles. The van der Waals surface area contributed by atoms with Crippen molar-refractivity contribution in [3.8, 4) is 0 Å². The predicted molar refractivity (Wildman–Crippen MR) is 78.1 cm³/mol. The smallest absolute Gasteiger partial charge is 0.282 e. The summed E-state index contributed by atoms with van der Waals surface area (Å²) < 4.78 is 31.6. The second-order valence-corrected chi connectivity index (χ2v) is 6.48. The summed E-state index contributed by atoms with van der Waals surface area (Å²) in [5, 5.41) is 0. The molecule has 3 nitrogen and oxygen atoms in total. The molecule has 0 aromatic heterocycles. The molecule has 1 aromatic carbocycles. The SMILES string of the molecule is CCCCCCCCc1ccc(C)c(S(=O)(=O)O)c1. The minimum atomic E-state index is -4.10. The van der Waals surface area contributed by atoms with Crippen molar-refractivity contribution in [2.45, 2.75) is 63.7 Å². The van der Waals surface area contributed by atoms with Gasteiger partial charge in [-0.05, 0) is 37.0 Å². The van der Waals surface area contributed by atoms with E-state index in [4.69, 9.17) is 4.55 Å². The maximum atomic E-state index is 11.2. The van der Waals surface area contributed by atoms with Crippen molar-refractivity contribution >= 4 is 10.1 Å². The highest BCUT2D eigenvalue weighted by molar-refractivity contribution is 7.85. The number of unbranched alkanes of at least 4 members (excludes halogenated alkanes) is 5. The zero-order valence-corrected chi connectivity index (χ0v) is 12.7. The van der Waals surface area contributed by atoms with Crippen LogP contribution in [0.15, 0.2) is 23.1 Å². The lowest BCUT2D eigenvalue weighted by molar-refractivity contribution is 0.482. The molecule has 19 heavy (non-hydrogen) atoms. The van der Waals surface area contributed by atoms with Crippen LogP contribution in [-0.4, -0.2) is 13.0 Å². The number of benzene rings is 1. The summed E-state index contributed by atoms with van der Waals surface area (Å²) in [5.74, 6) is 0. The van der Waals surface area contributed by atoms with Crippen LogP contribution in [-0.2, 0) is 16.5 Å². The Morgan fingerprint density at radius 2 is 1.68 bits per heavy atom. The van der Waals surface area contributed by atoms with Gasteiger partial charge in [0.2, 0.25) is 0 Å². The van der Waals surface area contributed by atoms with Crippen LogP contribution in [0.1, 0.15) is 56.6 Å². The van der Waals surface area contributed by atoms with E-state index in [1.807, 2.05) is 6.07 Å². The summed E-state index contributed by atoms with van der Waals surface area (Å²) in [7, 11) is -4.10. The Morgan fingerprint density at radius 3 is 2.32 bits per heavy atom. The van der Waals surface area contributed by atoms with Crippen LogP contribution in [0.25, 0.3) is 0 Å². The number of aryl methyl sites for hydroxylation is 2. The molecular formula is C15H24O3S. The van der Waals surface area contributed by atoms with E-state index in [2.05, 4.69) is 6.92 Å². The highest BCUT2D eigenvalue weighted by Crippen LogP contribution is 2.18. The van der Waals surface area contributed by atoms with Crippen LogP contribution in [0, 0.1) is 6.92 Å².